The lowest BCUT2D eigenvalue weighted by molar-refractivity contribution is 0.0977. The average Bonchev–Trinajstić information content (AvgIpc) is 2.64. The summed E-state index contributed by atoms with van der Waals surface area (Å²) in [5, 5.41) is 5.57. The molecule has 144 valence electrons. The number of ether oxygens (including phenoxy) is 1. The van der Waals surface area contributed by atoms with Crippen LogP contribution in [-0.2, 0) is 0 Å². The van der Waals surface area contributed by atoms with Crippen LogP contribution in [0.25, 0.3) is 0 Å². The highest BCUT2D eigenvalue weighted by atomic mass is 79.9. The summed E-state index contributed by atoms with van der Waals surface area (Å²) in [5.41, 5.74) is 1.04. The van der Waals surface area contributed by atoms with E-state index in [4.69, 9.17) is 17.0 Å². The Bertz CT molecular complexity index is 784. The minimum Gasteiger partial charge on any atom is -0.492 e. The maximum Gasteiger partial charge on any atom is 0.257 e. The van der Waals surface area contributed by atoms with Gasteiger partial charge in [-0.05, 0) is 77.0 Å². The third-order valence-corrected chi connectivity index (χ3v) is 4.60. The molecule has 0 aliphatic carbocycles. The van der Waals surface area contributed by atoms with Crippen LogP contribution in [0.2, 0.25) is 0 Å². The van der Waals surface area contributed by atoms with Crippen molar-refractivity contribution in [1.29, 1.82) is 0 Å². The molecule has 0 fully saturated rings. The molecule has 2 N–H and O–H groups in total. The third-order valence-electron chi connectivity index (χ3n) is 3.78. The van der Waals surface area contributed by atoms with E-state index < -0.39 is 0 Å². The van der Waals surface area contributed by atoms with Crippen LogP contribution in [0.5, 0.6) is 5.75 Å². The number of carbonyl (C=O) groups excluding carboxylic acids is 1. The van der Waals surface area contributed by atoms with Gasteiger partial charge in [-0.25, -0.2) is 4.39 Å². The van der Waals surface area contributed by atoms with Gasteiger partial charge >= 0.3 is 0 Å². The Kier molecular flexibility index (Phi) is 8.67. The molecule has 2 aromatic carbocycles. The molecule has 4 nitrogen and oxygen atoms in total. The molecule has 0 bridgehead atoms. The second-order valence-corrected chi connectivity index (χ2v) is 7.23. The van der Waals surface area contributed by atoms with Gasteiger partial charge in [-0.2, -0.15) is 0 Å². The molecule has 0 aliphatic heterocycles. The Morgan fingerprint density at radius 2 is 1.89 bits per heavy atom. The van der Waals surface area contributed by atoms with Gasteiger partial charge in [0.25, 0.3) is 5.91 Å². The second kappa shape index (κ2) is 11.0. The first-order valence-corrected chi connectivity index (χ1v) is 10.00. The molecule has 0 unspecified atom stereocenters. The van der Waals surface area contributed by atoms with E-state index in [0.29, 0.717) is 28.1 Å². The highest BCUT2D eigenvalue weighted by Gasteiger charge is 2.11. The smallest absolute Gasteiger partial charge is 0.257 e. The standard InChI is InChI=1S/C20H22BrFN2O2S/c1-2-3-4-5-12-26-18-11-6-14(13-17(18)21)19(25)24-20(27)23-16-9-7-15(22)8-10-16/h6-11,13H,2-5,12H2,1H3,(H2,23,24,25,27). The van der Waals surface area contributed by atoms with E-state index >= 15 is 0 Å². The summed E-state index contributed by atoms with van der Waals surface area (Å²) in [5.74, 6) is 0.0212. The first kappa shape index (κ1) is 21.3. The zero-order valence-electron chi connectivity index (χ0n) is 15.1. The number of nitrogens with one attached hydrogen (secondary N) is 2. The highest BCUT2D eigenvalue weighted by molar-refractivity contribution is 9.10. The fourth-order valence-corrected chi connectivity index (χ4v) is 3.04. The number of anilines is 1. The molecule has 27 heavy (non-hydrogen) atoms. The van der Waals surface area contributed by atoms with E-state index in [0.717, 1.165) is 12.8 Å². The van der Waals surface area contributed by atoms with Crippen molar-refractivity contribution in [2.75, 3.05) is 11.9 Å². The Balaban J connectivity index is 1.87. The fraction of sp³-hybridized carbons (Fsp3) is 0.300. The molecule has 0 aromatic heterocycles. The number of amides is 1. The lowest BCUT2D eigenvalue weighted by Gasteiger charge is -2.11. The summed E-state index contributed by atoms with van der Waals surface area (Å²) in [6.45, 7) is 2.82. The number of hydrogen-bond acceptors (Lipinski definition) is 3. The number of unbranched alkanes of at least 4 members (excludes halogenated alkanes) is 3. The van der Waals surface area contributed by atoms with Crippen LogP contribution in [0.3, 0.4) is 0 Å². The molecule has 0 atom stereocenters. The summed E-state index contributed by atoms with van der Waals surface area (Å²) in [4.78, 5) is 12.3. The van der Waals surface area contributed by atoms with Gasteiger partial charge in [0.1, 0.15) is 11.6 Å². The molecular weight excluding hydrogens is 431 g/mol. The topological polar surface area (TPSA) is 50.4 Å². The van der Waals surface area contributed by atoms with Gasteiger partial charge < -0.3 is 10.1 Å². The quantitative estimate of drug-likeness (QED) is 0.399. The van der Waals surface area contributed by atoms with Crippen molar-refractivity contribution in [3.8, 4) is 5.75 Å². The molecule has 0 heterocycles. The van der Waals surface area contributed by atoms with Crippen LogP contribution in [-0.4, -0.2) is 17.6 Å². The number of rotatable bonds is 8. The zero-order chi connectivity index (χ0) is 19.6. The lowest BCUT2D eigenvalue weighted by Crippen LogP contribution is -2.34. The van der Waals surface area contributed by atoms with Crippen LogP contribution in [0.4, 0.5) is 10.1 Å². The maximum atomic E-state index is 12.9. The van der Waals surface area contributed by atoms with Crippen LogP contribution >= 0.6 is 28.1 Å². The molecular formula is C20H22BrFN2O2S. The van der Waals surface area contributed by atoms with Crippen LogP contribution in [0, 0.1) is 5.82 Å². The minimum absolute atomic E-state index is 0.138. The SMILES string of the molecule is CCCCCCOc1ccc(C(=O)NC(=S)Nc2ccc(F)cc2)cc1Br. The molecule has 2 aromatic rings. The van der Waals surface area contributed by atoms with E-state index in [1.165, 1.54) is 37.1 Å². The Hall–Kier alpha value is -1.99. The van der Waals surface area contributed by atoms with Crippen molar-refractivity contribution in [2.45, 2.75) is 32.6 Å². The lowest BCUT2D eigenvalue weighted by atomic mass is 10.2. The van der Waals surface area contributed by atoms with Gasteiger partial charge in [0, 0.05) is 11.3 Å². The van der Waals surface area contributed by atoms with Gasteiger partial charge in [0.05, 0.1) is 11.1 Å². The van der Waals surface area contributed by atoms with Crippen molar-refractivity contribution >= 4 is 44.9 Å². The highest BCUT2D eigenvalue weighted by Crippen LogP contribution is 2.26. The predicted octanol–water partition coefficient (Wildman–Crippen LogP) is 5.67. The predicted molar refractivity (Wildman–Crippen MR) is 114 cm³/mol. The fourth-order valence-electron chi connectivity index (χ4n) is 2.34. The number of halogens is 2. The minimum atomic E-state index is -0.343. The van der Waals surface area contributed by atoms with E-state index in [1.807, 2.05) is 0 Å². The van der Waals surface area contributed by atoms with E-state index in [1.54, 1.807) is 18.2 Å². The van der Waals surface area contributed by atoms with Crippen molar-refractivity contribution in [3.63, 3.8) is 0 Å². The molecule has 2 rings (SSSR count). The van der Waals surface area contributed by atoms with Gasteiger partial charge in [0.15, 0.2) is 5.11 Å². The largest absolute Gasteiger partial charge is 0.492 e. The van der Waals surface area contributed by atoms with E-state index in [2.05, 4.69) is 33.5 Å². The molecule has 0 saturated heterocycles. The molecule has 0 saturated carbocycles. The average molecular weight is 453 g/mol. The van der Waals surface area contributed by atoms with Gasteiger partial charge in [-0.15, -0.1) is 0 Å². The van der Waals surface area contributed by atoms with Gasteiger partial charge in [0.2, 0.25) is 0 Å². The Morgan fingerprint density at radius 3 is 2.56 bits per heavy atom. The summed E-state index contributed by atoms with van der Waals surface area (Å²) >= 11 is 8.56. The van der Waals surface area contributed by atoms with Crippen molar-refractivity contribution in [2.24, 2.45) is 0 Å². The number of hydrogen-bond donors (Lipinski definition) is 2. The van der Waals surface area contributed by atoms with Crippen molar-refractivity contribution in [1.82, 2.24) is 5.32 Å². The maximum absolute atomic E-state index is 12.9. The molecule has 0 radical (unpaired) electrons. The van der Waals surface area contributed by atoms with Crippen LogP contribution in [0.1, 0.15) is 43.0 Å². The Morgan fingerprint density at radius 1 is 1.15 bits per heavy atom. The third kappa shape index (κ3) is 7.27. The van der Waals surface area contributed by atoms with Gasteiger partial charge in [-0.1, -0.05) is 26.2 Å². The first-order chi connectivity index (χ1) is 13.0. The Labute approximate surface area is 172 Å². The summed E-state index contributed by atoms with van der Waals surface area (Å²) in [6.07, 6.45) is 4.54. The first-order valence-electron chi connectivity index (χ1n) is 8.80. The van der Waals surface area contributed by atoms with Crippen LogP contribution in [0.15, 0.2) is 46.9 Å². The summed E-state index contributed by atoms with van der Waals surface area (Å²) < 4.78 is 19.4. The molecule has 0 spiro atoms. The molecule has 1 amide bonds. The normalized spacial score (nSPS) is 10.3. The second-order valence-electron chi connectivity index (χ2n) is 5.97. The number of carbonyl (C=O) groups is 1. The summed E-state index contributed by atoms with van der Waals surface area (Å²) in [6, 6.07) is 10.8. The van der Waals surface area contributed by atoms with Crippen LogP contribution < -0.4 is 15.4 Å². The number of benzene rings is 2. The zero-order valence-corrected chi connectivity index (χ0v) is 17.5. The van der Waals surface area contributed by atoms with E-state index in [-0.39, 0.29) is 16.8 Å². The molecule has 7 heteroatoms. The monoisotopic (exact) mass is 452 g/mol. The van der Waals surface area contributed by atoms with Crippen molar-refractivity contribution < 1.29 is 13.9 Å². The van der Waals surface area contributed by atoms with E-state index in [9.17, 15) is 9.18 Å². The van der Waals surface area contributed by atoms with Gasteiger partial charge in [-0.3, -0.25) is 10.1 Å². The molecule has 0 aliphatic rings. The summed E-state index contributed by atoms with van der Waals surface area (Å²) in [7, 11) is 0. The number of thiocarbonyl (C=S) groups is 1. The van der Waals surface area contributed by atoms with Crippen molar-refractivity contribution in [3.05, 3.63) is 58.3 Å².